The lowest BCUT2D eigenvalue weighted by Gasteiger charge is -2.20. The van der Waals surface area contributed by atoms with Gasteiger partial charge < -0.3 is 14.8 Å². The van der Waals surface area contributed by atoms with Gasteiger partial charge in [-0.1, -0.05) is 23.2 Å². The zero-order valence-corrected chi connectivity index (χ0v) is 18.4. The van der Waals surface area contributed by atoms with Gasteiger partial charge in [0.05, 0.1) is 38.8 Å². The highest BCUT2D eigenvalue weighted by atomic mass is 35.5. The van der Waals surface area contributed by atoms with E-state index in [0.717, 1.165) is 17.2 Å². The number of pyridine rings is 1. The number of benzene rings is 2. The number of halogens is 3. The van der Waals surface area contributed by atoms with Gasteiger partial charge in [0.15, 0.2) is 5.82 Å². The average molecular weight is 455 g/mol. The summed E-state index contributed by atoms with van der Waals surface area (Å²) in [5.41, 5.74) is 3.65. The van der Waals surface area contributed by atoms with E-state index >= 15 is 0 Å². The van der Waals surface area contributed by atoms with Gasteiger partial charge in [-0.15, -0.1) is 0 Å². The molecule has 0 bridgehead atoms. The highest BCUT2D eigenvalue weighted by Crippen LogP contribution is 2.37. The fourth-order valence-electron chi connectivity index (χ4n) is 3.31. The normalized spacial score (nSPS) is 10.9. The third-order valence-electron chi connectivity index (χ3n) is 5.13. The Morgan fingerprint density at radius 2 is 1.94 bits per heavy atom. The summed E-state index contributed by atoms with van der Waals surface area (Å²) in [6.45, 7) is 1.97. The molecule has 0 aliphatic carbocycles. The van der Waals surface area contributed by atoms with Crippen molar-refractivity contribution in [2.24, 2.45) is 7.05 Å². The number of nitrogens with one attached hydrogen (secondary N) is 1. The molecule has 0 aliphatic heterocycles. The SMILES string of the molecule is Cc1c(N(C)c2cc(Cl)c3ncc(C#N)c(Nc4ccc(F)c(Cl)c4)c3c2)ncn1C. The molecule has 156 valence electrons. The number of hydrogen-bond donors (Lipinski definition) is 1. The molecule has 4 rings (SSSR count). The maximum absolute atomic E-state index is 13.6. The molecule has 6 nitrogen and oxygen atoms in total. The average Bonchev–Trinajstić information content (AvgIpc) is 3.09. The van der Waals surface area contributed by atoms with Gasteiger partial charge in [0.2, 0.25) is 0 Å². The fourth-order valence-corrected chi connectivity index (χ4v) is 3.75. The first-order chi connectivity index (χ1) is 14.8. The van der Waals surface area contributed by atoms with Crippen molar-refractivity contribution in [3.05, 3.63) is 70.0 Å². The van der Waals surface area contributed by atoms with Crippen LogP contribution in [0.25, 0.3) is 10.9 Å². The Morgan fingerprint density at radius 1 is 1.16 bits per heavy atom. The van der Waals surface area contributed by atoms with Gasteiger partial charge in [-0.2, -0.15) is 5.26 Å². The van der Waals surface area contributed by atoms with Crippen LogP contribution in [0.15, 0.2) is 42.9 Å². The zero-order chi connectivity index (χ0) is 22.3. The molecule has 1 N–H and O–H groups in total. The second-order valence-corrected chi connectivity index (χ2v) is 7.87. The van der Waals surface area contributed by atoms with Gasteiger partial charge in [-0.05, 0) is 37.3 Å². The van der Waals surface area contributed by atoms with E-state index in [1.807, 2.05) is 36.6 Å². The molecule has 0 atom stereocenters. The van der Waals surface area contributed by atoms with Crippen molar-refractivity contribution < 1.29 is 4.39 Å². The highest BCUT2D eigenvalue weighted by Gasteiger charge is 2.17. The van der Waals surface area contributed by atoms with E-state index in [1.165, 1.54) is 18.3 Å². The van der Waals surface area contributed by atoms with Crippen LogP contribution < -0.4 is 10.2 Å². The Morgan fingerprint density at radius 3 is 2.58 bits per heavy atom. The molecule has 0 fully saturated rings. The lowest BCUT2D eigenvalue weighted by Crippen LogP contribution is -2.12. The van der Waals surface area contributed by atoms with Gasteiger partial charge >= 0.3 is 0 Å². The van der Waals surface area contributed by atoms with Crippen molar-refractivity contribution in [1.82, 2.24) is 14.5 Å². The van der Waals surface area contributed by atoms with E-state index in [2.05, 4.69) is 21.4 Å². The van der Waals surface area contributed by atoms with Crippen LogP contribution in [0.4, 0.5) is 27.3 Å². The van der Waals surface area contributed by atoms with Crippen LogP contribution in [0.5, 0.6) is 0 Å². The van der Waals surface area contributed by atoms with Crippen molar-refractivity contribution in [3.63, 3.8) is 0 Å². The molecular formula is C22H17Cl2FN6. The Balaban J connectivity index is 1.89. The van der Waals surface area contributed by atoms with E-state index in [-0.39, 0.29) is 5.02 Å². The van der Waals surface area contributed by atoms with Crippen LogP contribution in [0.2, 0.25) is 10.0 Å². The number of aromatic nitrogens is 3. The van der Waals surface area contributed by atoms with Crippen LogP contribution in [0.1, 0.15) is 11.3 Å². The van der Waals surface area contributed by atoms with E-state index in [0.29, 0.717) is 32.9 Å². The smallest absolute Gasteiger partial charge is 0.153 e. The molecule has 2 aromatic carbocycles. The summed E-state index contributed by atoms with van der Waals surface area (Å²) in [4.78, 5) is 10.7. The molecule has 0 spiro atoms. The predicted octanol–water partition coefficient (Wildman–Crippen LogP) is 6.11. The first kappa shape index (κ1) is 20.9. The largest absolute Gasteiger partial charge is 0.354 e. The summed E-state index contributed by atoms with van der Waals surface area (Å²) in [6, 6.07) is 10.1. The van der Waals surface area contributed by atoms with Gasteiger partial charge in [0.25, 0.3) is 0 Å². The highest BCUT2D eigenvalue weighted by molar-refractivity contribution is 6.36. The zero-order valence-electron chi connectivity index (χ0n) is 16.9. The third-order valence-corrected chi connectivity index (χ3v) is 5.71. The van der Waals surface area contributed by atoms with Crippen LogP contribution in [-0.4, -0.2) is 21.6 Å². The number of fused-ring (bicyclic) bond motifs is 1. The molecule has 0 amide bonds. The number of anilines is 4. The van der Waals surface area contributed by atoms with Gasteiger partial charge in [0.1, 0.15) is 11.9 Å². The summed E-state index contributed by atoms with van der Waals surface area (Å²) in [5.74, 6) is 0.257. The topological polar surface area (TPSA) is 69.8 Å². The number of aryl methyl sites for hydroxylation is 1. The second-order valence-electron chi connectivity index (χ2n) is 7.06. The fraction of sp³-hybridized carbons (Fsp3) is 0.136. The molecule has 0 radical (unpaired) electrons. The third kappa shape index (κ3) is 3.76. The molecule has 0 saturated carbocycles. The van der Waals surface area contributed by atoms with E-state index < -0.39 is 5.82 Å². The first-order valence-electron chi connectivity index (χ1n) is 9.26. The molecule has 0 unspecified atom stereocenters. The van der Waals surface area contributed by atoms with Crippen molar-refractivity contribution in [2.45, 2.75) is 6.92 Å². The molecule has 9 heteroatoms. The van der Waals surface area contributed by atoms with E-state index in [4.69, 9.17) is 23.2 Å². The standard InChI is InChI=1S/C22H17Cl2FN6/c1-12-22(28-11-30(12)2)31(3)15-7-16-20(29-14-4-5-19(25)17(23)6-14)13(9-26)10-27-21(16)18(24)8-15/h4-8,10-11H,1-3H3,(H,27,29). The van der Waals surface area contributed by atoms with Gasteiger partial charge in [-0.25, -0.2) is 9.37 Å². The summed E-state index contributed by atoms with van der Waals surface area (Å²) in [6.07, 6.45) is 3.19. The summed E-state index contributed by atoms with van der Waals surface area (Å²) in [7, 11) is 3.81. The van der Waals surface area contributed by atoms with Gasteiger partial charge in [0, 0.05) is 37.1 Å². The first-order valence-corrected chi connectivity index (χ1v) is 10.0. The molecule has 4 aromatic rings. The lowest BCUT2D eigenvalue weighted by atomic mass is 10.1. The molecule has 31 heavy (non-hydrogen) atoms. The number of rotatable bonds is 4. The summed E-state index contributed by atoms with van der Waals surface area (Å²) >= 11 is 12.5. The van der Waals surface area contributed by atoms with Crippen molar-refractivity contribution in [3.8, 4) is 6.07 Å². The maximum atomic E-state index is 13.6. The molecular weight excluding hydrogens is 438 g/mol. The maximum Gasteiger partial charge on any atom is 0.153 e. The monoisotopic (exact) mass is 454 g/mol. The lowest BCUT2D eigenvalue weighted by molar-refractivity contribution is 0.628. The van der Waals surface area contributed by atoms with E-state index in [9.17, 15) is 9.65 Å². The second kappa shape index (κ2) is 8.06. The predicted molar refractivity (Wildman–Crippen MR) is 122 cm³/mol. The Labute approximate surface area is 188 Å². The van der Waals surface area contributed by atoms with Crippen molar-refractivity contribution in [2.75, 3.05) is 17.3 Å². The van der Waals surface area contributed by atoms with Crippen LogP contribution >= 0.6 is 23.2 Å². The Hall–Kier alpha value is -3.34. The number of hydrogen-bond acceptors (Lipinski definition) is 5. The molecule has 0 saturated heterocycles. The number of nitriles is 1. The number of nitrogens with zero attached hydrogens (tertiary/aromatic N) is 5. The minimum Gasteiger partial charge on any atom is -0.354 e. The van der Waals surface area contributed by atoms with Gasteiger partial charge in [-0.3, -0.25) is 4.98 Å². The minimum absolute atomic E-state index is 0.0223. The Kier molecular flexibility index (Phi) is 5.44. The molecule has 2 heterocycles. The van der Waals surface area contributed by atoms with Crippen LogP contribution in [-0.2, 0) is 7.05 Å². The summed E-state index contributed by atoms with van der Waals surface area (Å²) in [5, 5.41) is 13.9. The van der Waals surface area contributed by atoms with E-state index in [1.54, 1.807) is 18.5 Å². The van der Waals surface area contributed by atoms with Crippen molar-refractivity contribution in [1.29, 1.82) is 5.26 Å². The molecule has 2 aromatic heterocycles. The van der Waals surface area contributed by atoms with Crippen LogP contribution in [0.3, 0.4) is 0 Å². The Bertz CT molecular complexity index is 1360. The number of imidazole rings is 1. The summed E-state index contributed by atoms with van der Waals surface area (Å²) < 4.78 is 15.5. The van der Waals surface area contributed by atoms with Crippen molar-refractivity contribution >= 4 is 57.0 Å². The minimum atomic E-state index is -0.523. The van der Waals surface area contributed by atoms with Crippen LogP contribution in [0, 0.1) is 24.1 Å². The quantitative estimate of drug-likeness (QED) is 0.402. The molecule has 0 aliphatic rings.